The molecule has 5 rings (SSSR count). The van der Waals surface area contributed by atoms with Crippen molar-refractivity contribution in [3.05, 3.63) is 60.0 Å². The maximum atomic E-state index is 13.4. The van der Waals surface area contributed by atoms with Gasteiger partial charge in [-0.25, -0.2) is 18.4 Å². The molecule has 1 N–H and O–H groups in total. The first-order valence-electron chi connectivity index (χ1n) is 11.3. The van der Waals surface area contributed by atoms with E-state index in [1.165, 1.54) is 12.1 Å². The van der Waals surface area contributed by atoms with Gasteiger partial charge in [0.2, 0.25) is 9.84 Å². The number of nitrogens with one attached hydrogen (secondary N) is 1. The fourth-order valence-corrected chi connectivity index (χ4v) is 3.65. The molecule has 40 heavy (non-hydrogen) atoms. The van der Waals surface area contributed by atoms with Crippen LogP contribution >= 0.6 is 0 Å². The molecule has 212 valence electrons. The second-order valence-corrected chi connectivity index (χ2v) is 11.1. The van der Waals surface area contributed by atoms with Crippen LogP contribution in [0.5, 0.6) is 0 Å². The van der Waals surface area contributed by atoms with Gasteiger partial charge in [0.15, 0.2) is 5.65 Å². The van der Waals surface area contributed by atoms with Crippen molar-refractivity contribution in [1.82, 2.24) is 24.9 Å². The Morgan fingerprint density at radius 1 is 0.925 bits per heavy atom. The number of pyridine rings is 3. The second-order valence-electron chi connectivity index (χ2n) is 9.20. The smallest absolute Gasteiger partial charge is 0.370 e. The van der Waals surface area contributed by atoms with Crippen LogP contribution in [0, 0.1) is 0 Å². The molecule has 9 nitrogen and oxygen atoms in total. The second kappa shape index (κ2) is 10.2. The molecule has 0 atom stereocenters. The van der Waals surface area contributed by atoms with E-state index in [-0.39, 0.29) is 33.8 Å². The molecule has 1 fully saturated rings. The first-order chi connectivity index (χ1) is 18.4. The van der Waals surface area contributed by atoms with Gasteiger partial charge < -0.3 is 10.1 Å². The molecule has 0 saturated carbocycles. The van der Waals surface area contributed by atoms with Crippen LogP contribution in [0.15, 0.2) is 53.9 Å². The largest absolute Gasteiger partial charge is 0.433 e. The van der Waals surface area contributed by atoms with Crippen LogP contribution in [0.3, 0.4) is 0 Å². The van der Waals surface area contributed by atoms with Crippen molar-refractivity contribution in [3.63, 3.8) is 0 Å². The Morgan fingerprint density at radius 3 is 2.12 bits per heavy atom. The van der Waals surface area contributed by atoms with Gasteiger partial charge in [0.25, 0.3) is 5.16 Å². The Balaban J connectivity index is 0.000000666. The summed E-state index contributed by atoms with van der Waals surface area (Å²) >= 11 is 0. The molecule has 0 amide bonds. The molecule has 1 aliphatic heterocycles. The molecule has 0 aliphatic carbocycles. The number of ether oxygens (including phenoxy) is 1. The van der Waals surface area contributed by atoms with Crippen molar-refractivity contribution in [1.29, 1.82) is 0 Å². The number of epoxide rings is 1. The highest BCUT2D eigenvalue weighted by molar-refractivity contribution is 7.90. The lowest BCUT2D eigenvalue weighted by atomic mass is 10.1. The SMILES string of the molecule is CC1(C)CO1.CS(=O)(=O)c1nc(Nc2ccc(C(F)(F)F)nc2)c2ccc(-c3ncccc3C(F)(F)F)nc2n1. The fraction of sp³-hybridized carbons (Fsp3) is 0.292. The van der Waals surface area contributed by atoms with E-state index in [1.807, 2.05) is 0 Å². The van der Waals surface area contributed by atoms with Crippen LogP contribution in [-0.4, -0.2) is 51.8 Å². The molecular weight excluding hydrogens is 566 g/mol. The van der Waals surface area contributed by atoms with E-state index < -0.39 is 44.3 Å². The Hall–Kier alpha value is -3.92. The van der Waals surface area contributed by atoms with Crippen molar-refractivity contribution in [2.24, 2.45) is 0 Å². The minimum atomic E-state index is -4.73. The minimum Gasteiger partial charge on any atom is -0.370 e. The van der Waals surface area contributed by atoms with Crippen molar-refractivity contribution >= 4 is 32.4 Å². The fourth-order valence-electron chi connectivity index (χ4n) is 3.14. The predicted molar refractivity (Wildman–Crippen MR) is 131 cm³/mol. The quantitative estimate of drug-likeness (QED) is 0.189. The zero-order valence-electron chi connectivity index (χ0n) is 21.0. The Morgan fingerprint density at radius 2 is 1.60 bits per heavy atom. The first kappa shape index (κ1) is 29.1. The van der Waals surface area contributed by atoms with Gasteiger partial charge >= 0.3 is 12.4 Å². The third kappa shape index (κ3) is 6.98. The zero-order chi connectivity index (χ0) is 29.5. The lowest BCUT2D eigenvalue weighted by molar-refractivity contribution is -0.141. The molecule has 16 heteroatoms. The molecular formula is C24H20F6N6O3S. The summed E-state index contributed by atoms with van der Waals surface area (Å²) in [4.78, 5) is 18.9. The normalized spacial score (nSPS) is 14.8. The maximum Gasteiger partial charge on any atom is 0.433 e. The summed E-state index contributed by atoms with van der Waals surface area (Å²) in [6.45, 7) is 5.10. The number of alkyl halides is 6. The molecule has 1 saturated heterocycles. The van der Waals surface area contributed by atoms with Crippen molar-refractivity contribution in [2.75, 3.05) is 18.2 Å². The summed E-state index contributed by atoms with van der Waals surface area (Å²) in [6, 6.07) is 6.19. The van der Waals surface area contributed by atoms with Crippen LogP contribution in [0.2, 0.25) is 0 Å². The number of hydrogen-bond acceptors (Lipinski definition) is 9. The van der Waals surface area contributed by atoms with Gasteiger partial charge in [-0.05, 0) is 50.2 Å². The molecule has 5 heterocycles. The van der Waals surface area contributed by atoms with Gasteiger partial charge in [-0.2, -0.15) is 36.3 Å². The summed E-state index contributed by atoms with van der Waals surface area (Å²) < 4.78 is 108. The minimum absolute atomic E-state index is 0.0330. The van der Waals surface area contributed by atoms with E-state index >= 15 is 0 Å². The number of sulfone groups is 1. The lowest BCUT2D eigenvalue weighted by Crippen LogP contribution is -2.10. The number of anilines is 2. The number of aromatic nitrogens is 5. The van der Waals surface area contributed by atoms with Gasteiger partial charge in [-0.3, -0.25) is 4.98 Å². The molecule has 4 aromatic heterocycles. The van der Waals surface area contributed by atoms with E-state index in [4.69, 9.17) is 4.74 Å². The summed E-state index contributed by atoms with van der Waals surface area (Å²) in [6.07, 6.45) is -6.58. The number of hydrogen-bond donors (Lipinski definition) is 1. The van der Waals surface area contributed by atoms with E-state index in [0.717, 1.165) is 43.5 Å². The van der Waals surface area contributed by atoms with Crippen molar-refractivity contribution < 1.29 is 39.5 Å². The molecule has 0 spiro atoms. The molecule has 4 aromatic rings. The van der Waals surface area contributed by atoms with Crippen LogP contribution < -0.4 is 5.32 Å². The average molecular weight is 587 g/mol. The van der Waals surface area contributed by atoms with Crippen LogP contribution in [0.1, 0.15) is 25.1 Å². The number of nitrogens with zero attached hydrogens (tertiary/aromatic N) is 5. The van der Waals surface area contributed by atoms with Gasteiger partial charge in [0, 0.05) is 12.5 Å². The third-order valence-electron chi connectivity index (χ3n) is 5.26. The topological polar surface area (TPSA) is 123 Å². The molecule has 0 radical (unpaired) electrons. The van der Waals surface area contributed by atoms with Crippen LogP contribution in [0.25, 0.3) is 22.4 Å². The van der Waals surface area contributed by atoms with E-state index in [1.54, 1.807) is 0 Å². The van der Waals surface area contributed by atoms with E-state index in [0.29, 0.717) is 6.07 Å². The third-order valence-corrected chi connectivity index (χ3v) is 6.11. The zero-order valence-corrected chi connectivity index (χ0v) is 21.8. The number of fused-ring (bicyclic) bond motifs is 1. The summed E-state index contributed by atoms with van der Waals surface area (Å²) in [5, 5.41) is 2.04. The monoisotopic (exact) mass is 586 g/mol. The summed E-state index contributed by atoms with van der Waals surface area (Å²) in [5.41, 5.74) is -2.92. The van der Waals surface area contributed by atoms with Crippen LogP contribution in [-0.2, 0) is 26.9 Å². The lowest BCUT2D eigenvalue weighted by Gasteiger charge is -2.13. The van der Waals surface area contributed by atoms with Gasteiger partial charge in [0.1, 0.15) is 17.2 Å². The van der Waals surface area contributed by atoms with Gasteiger partial charge in [-0.1, -0.05) is 0 Å². The molecule has 0 unspecified atom stereocenters. The Kier molecular flexibility index (Phi) is 7.44. The highest BCUT2D eigenvalue weighted by Crippen LogP contribution is 2.36. The van der Waals surface area contributed by atoms with E-state index in [2.05, 4.69) is 44.1 Å². The Labute approximate surface area is 223 Å². The maximum absolute atomic E-state index is 13.4. The molecule has 1 aliphatic rings. The van der Waals surface area contributed by atoms with Crippen molar-refractivity contribution in [3.8, 4) is 11.4 Å². The van der Waals surface area contributed by atoms with Crippen LogP contribution in [0.4, 0.5) is 37.8 Å². The average Bonchev–Trinajstić information content (AvgIpc) is 3.56. The van der Waals surface area contributed by atoms with Gasteiger partial charge in [0.05, 0.1) is 40.7 Å². The van der Waals surface area contributed by atoms with E-state index in [9.17, 15) is 34.8 Å². The molecule has 0 bridgehead atoms. The number of rotatable bonds is 4. The highest BCUT2D eigenvalue weighted by Gasteiger charge is 2.35. The number of halogens is 6. The summed E-state index contributed by atoms with van der Waals surface area (Å²) in [5.74, 6) is -0.159. The Bertz CT molecular complexity index is 1650. The van der Waals surface area contributed by atoms with Crippen molar-refractivity contribution in [2.45, 2.75) is 37.0 Å². The standard InChI is InChI=1S/C20H12F6N6O2S.C4H8O/c1-35(33,34)18-31-16(29-10-4-7-14(28-9-10)20(24,25)26)11-5-6-13(30-17(11)32-18)15-12(19(21,22)23)3-2-8-27-15;1-4(2)3-5-4/h2-9H,1H3,(H,29,30,31,32);3H2,1-2H3. The van der Waals surface area contributed by atoms with Gasteiger partial charge in [-0.15, -0.1) is 0 Å². The first-order valence-corrected chi connectivity index (χ1v) is 13.2. The highest BCUT2D eigenvalue weighted by atomic mass is 32.2. The molecule has 0 aromatic carbocycles. The predicted octanol–water partition coefficient (Wildman–Crippen LogP) is 5.46. The summed E-state index contributed by atoms with van der Waals surface area (Å²) in [7, 11) is -4.01.